The van der Waals surface area contributed by atoms with Gasteiger partial charge in [-0.1, -0.05) is 30.3 Å². The number of thioether (sulfide) groups is 1. The van der Waals surface area contributed by atoms with E-state index in [9.17, 15) is 14.4 Å². The molecule has 0 heterocycles. The Labute approximate surface area is 172 Å². The number of ether oxygens (including phenoxy) is 2. The zero-order valence-electron chi connectivity index (χ0n) is 15.7. The molecule has 6 nitrogen and oxygen atoms in total. The molecule has 0 saturated heterocycles. The molecule has 29 heavy (non-hydrogen) atoms. The summed E-state index contributed by atoms with van der Waals surface area (Å²) in [5.74, 6) is -1.12. The maximum atomic E-state index is 12.0. The molecular formula is C22H19NO5S. The van der Waals surface area contributed by atoms with Crippen LogP contribution in [0.15, 0.2) is 71.6 Å². The van der Waals surface area contributed by atoms with E-state index in [1.807, 2.05) is 42.5 Å². The van der Waals surface area contributed by atoms with E-state index < -0.39 is 24.4 Å². The van der Waals surface area contributed by atoms with E-state index in [1.54, 1.807) is 12.1 Å². The summed E-state index contributed by atoms with van der Waals surface area (Å²) in [6.45, 7) is -0.515. The lowest BCUT2D eigenvalue weighted by Crippen LogP contribution is -2.34. The summed E-state index contributed by atoms with van der Waals surface area (Å²) in [4.78, 5) is 36.7. The SMILES string of the molecule is COc1ccc(C(=O)NC(=O)COC(=O)CSc2ccc3ccccc3c2)cc1. The van der Waals surface area contributed by atoms with Crippen molar-refractivity contribution in [3.8, 4) is 5.75 Å². The Balaban J connectivity index is 1.43. The van der Waals surface area contributed by atoms with Gasteiger partial charge in [-0.3, -0.25) is 19.7 Å². The highest BCUT2D eigenvalue weighted by atomic mass is 32.2. The van der Waals surface area contributed by atoms with Crippen molar-refractivity contribution in [2.45, 2.75) is 4.90 Å². The van der Waals surface area contributed by atoms with Crippen LogP contribution in [0.25, 0.3) is 10.8 Å². The fourth-order valence-electron chi connectivity index (χ4n) is 2.56. The summed E-state index contributed by atoms with van der Waals surface area (Å²) in [5, 5.41) is 4.39. The van der Waals surface area contributed by atoms with Crippen molar-refractivity contribution in [1.82, 2.24) is 5.32 Å². The van der Waals surface area contributed by atoms with Crippen LogP contribution in [-0.4, -0.2) is 37.3 Å². The number of amides is 2. The molecule has 0 aromatic heterocycles. The predicted octanol–water partition coefficient (Wildman–Crippen LogP) is 3.44. The maximum Gasteiger partial charge on any atom is 0.316 e. The van der Waals surface area contributed by atoms with E-state index in [0.29, 0.717) is 11.3 Å². The molecular weight excluding hydrogens is 390 g/mol. The first-order valence-corrected chi connectivity index (χ1v) is 9.79. The van der Waals surface area contributed by atoms with Gasteiger partial charge in [0.05, 0.1) is 12.9 Å². The summed E-state index contributed by atoms with van der Waals surface area (Å²) in [6.07, 6.45) is 0. The molecule has 7 heteroatoms. The number of nitrogens with one attached hydrogen (secondary N) is 1. The minimum atomic E-state index is -0.685. The fraction of sp³-hybridized carbons (Fsp3) is 0.136. The quantitative estimate of drug-likeness (QED) is 0.476. The van der Waals surface area contributed by atoms with Crippen molar-refractivity contribution in [3.05, 3.63) is 72.3 Å². The topological polar surface area (TPSA) is 81.7 Å². The van der Waals surface area contributed by atoms with E-state index in [1.165, 1.54) is 31.0 Å². The highest BCUT2D eigenvalue weighted by Gasteiger charge is 2.13. The molecule has 0 atom stereocenters. The van der Waals surface area contributed by atoms with Crippen LogP contribution < -0.4 is 10.1 Å². The molecule has 0 saturated carbocycles. The lowest BCUT2D eigenvalue weighted by atomic mass is 10.1. The molecule has 0 aliphatic heterocycles. The van der Waals surface area contributed by atoms with Gasteiger partial charge in [-0.05, 0) is 47.2 Å². The third-order valence-electron chi connectivity index (χ3n) is 4.05. The number of methoxy groups -OCH3 is 1. The molecule has 3 aromatic rings. The Kier molecular flexibility index (Phi) is 6.86. The number of benzene rings is 3. The van der Waals surface area contributed by atoms with Crippen LogP contribution in [-0.2, 0) is 14.3 Å². The first-order valence-electron chi connectivity index (χ1n) is 8.80. The lowest BCUT2D eigenvalue weighted by Gasteiger charge is -2.07. The fourth-order valence-corrected chi connectivity index (χ4v) is 3.31. The first-order chi connectivity index (χ1) is 14.0. The summed E-state index contributed by atoms with van der Waals surface area (Å²) in [7, 11) is 1.52. The molecule has 0 aliphatic carbocycles. The van der Waals surface area contributed by atoms with Crippen LogP contribution in [0.3, 0.4) is 0 Å². The van der Waals surface area contributed by atoms with Gasteiger partial charge in [0.2, 0.25) is 0 Å². The molecule has 0 unspecified atom stereocenters. The number of hydrogen-bond donors (Lipinski definition) is 1. The number of imide groups is 1. The summed E-state index contributed by atoms with van der Waals surface area (Å²) in [6, 6.07) is 20.2. The van der Waals surface area contributed by atoms with E-state index in [4.69, 9.17) is 9.47 Å². The Hall–Kier alpha value is -3.32. The van der Waals surface area contributed by atoms with Crippen molar-refractivity contribution < 1.29 is 23.9 Å². The van der Waals surface area contributed by atoms with Crippen LogP contribution in [0.1, 0.15) is 10.4 Å². The van der Waals surface area contributed by atoms with Crippen LogP contribution in [0.2, 0.25) is 0 Å². The molecule has 1 N–H and O–H groups in total. The van der Waals surface area contributed by atoms with Crippen molar-refractivity contribution in [2.24, 2.45) is 0 Å². The zero-order chi connectivity index (χ0) is 20.6. The highest BCUT2D eigenvalue weighted by Crippen LogP contribution is 2.23. The van der Waals surface area contributed by atoms with Crippen LogP contribution in [0, 0.1) is 0 Å². The summed E-state index contributed by atoms with van der Waals surface area (Å²) in [5.41, 5.74) is 0.303. The van der Waals surface area contributed by atoms with Crippen LogP contribution >= 0.6 is 11.8 Å². The van der Waals surface area contributed by atoms with E-state index >= 15 is 0 Å². The number of carbonyl (C=O) groups is 3. The normalized spacial score (nSPS) is 10.4. The average molecular weight is 409 g/mol. The number of esters is 1. The molecule has 0 radical (unpaired) electrons. The average Bonchev–Trinajstić information content (AvgIpc) is 2.76. The van der Waals surface area contributed by atoms with Gasteiger partial charge in [0, 0.05) is 10.5 Å². The second-order valence-electron chi connectivity index (χ2n) is 6.06. The second kappa shape index (κ2) is 9.75. The van der Waals surface area contributed by atoms with Gasteiger partial charge in [0.25, 0.3) is 11.8 Å². The van der Waals surface area contributed by atoms with Crippen molar-refractivity contribution in [2.75, 3.05) is 19.5 Å². The van der Waals surface area contributed by atoms with Gasteiger partial charge in [0.15, 0.2) is 6.61 Å². The Bertz CT molecular complexity index is 1030. The molecule has 3 aromatic carbocycles. The van der Waals surface area contributed by atoms with Gasteiger partial charge in [-0.2, -0.15) is 0 Å². The van der Waals surface area contributed by atoms with Crippen LogP contribution in [0.5, 0.6) is 5.75 Å². The smallest absolute Gasteiger partial charge is 0.316 e. The Morgan fingerprint density at radius 2 is 1.66 bits per heavy atom. The van der Waals surface area contributed by atoms with Crippen molar-refractivity contribution in [1.29, 1.82) is 0 Å². The number of fused-ring (bicyclic) bond motifs is 1. The van der Waals surface area contributed by atoms with Gasteiger partial charge in [-0.15, -0.1) is 11.8 Å². The van der Waals surface area contributed by atoms with Gasteiger partial charge in [-0.25, -0.2) is 0 Å². The number of rotatable bonds is 7. The summed E-state index contributed by atoms with van der Waals surface area (Å²) >= 11 is 1.32. The highest BCUT2D eigenvalue weighted by molar-refractivity contribution is 8.00. The minimum Gasteiger partial charge on any atom is -0.497 e. The lowest BCUT2D eigenvalue weighted by molar-refractivity contribution is -0.145. The largest absolute Gasteiger partial charge is 0.497 e. The summed E-state index contributed by atoms with van der Waals surface area (Å²) < 4.78 is 9.96. The molecule has 0 bridgehead atoms. The van der Waals surface area contributed by atoms with Gasteiger partial charge in [0.1, 0.15) is 5.75 Å². The van der Waals surface area contributed by atoms with E-state index in [0.717, 1.165) is 15.7 Å². The van der Waals surface area contributed by atoms with Crippen molar-refractivity contribution >= 4 is 40.3 Å². The maximum absolute atomic E-state index is 12.0. The molecule has 0 fully saturated rings. The van der Waals surface area contributed by atoms with Gasteiger partial charge >= 0.3 is 5.97 Å². The molecule has 0 aliphatic rings. The minimum absolute atomic E-state index is 0.0675. The Morgan fingerprint density at radius 1 is 0.931 bits per heavy atom. The first kappa shape index (κ1) is 20.4. The van der Waals surface area contributed by atoms with Crippen molar-refractivity contribution in [3.63, 3.8) is 0 Å². The molecule has 2 amide bonds. The molecule has 148 valence electrons. The number of carbonyl (C=O) groups excluding carboxylic acids is 3. The standard InChI is InChI=1S/C22H19NO5S/c1-27-18-9-6-16(7-10-18)22(26)23-20(24)13-28-21(25)14-29-19-11-8-15-4-2-3-5-17(15)12-19/h2-12H,13-14H2,1H3,(H,23,24,26). The third kappa shape index (κ3) is 5.83. The van der Waals surface area contributed by atoms with E-state index in [-0.39, 0.29) is 5.75 Å². The predicted molar refractivity (Wildman–Crippen MR) is 111 cm³/mol. The third-order valence-corrected chi connectivity index (χ3v) is 5.01. The zero-order valence-corrected chi connectivity index (χ0v) is 16.5. The second-order valence-corrected chi connectivity index (χ2v) is 7.11. The number of hydrogen-bond acceptors (Lipinski definition) is 6. The monoisotopic (exact) mass is 409 g/mol. The molecule has 0 spiro atoms. The van der Waals surface area contributed by atoms with Crippen LogP contribution in [0.4, 0.5) is 0 Å². The Morgan fingerprint density at radius 3 is 2.38 bits per heavy atom. The molecule has 3 rings (SSSR count). The van der Waals surface area contributed by atoms with E-state index in [2.05, 4.69) is 5.32 Å². The van der Waals surface area contributed by atoms with Gasteiger partial charge < -0.3 is 9.47 Å².